The Morgan fingerprint density at radius 3 is 1.16 bits per heavy atom. The lowest BCUT2D eigenvalue weighted by molar-refractivity contribution is 0.0342. The molecule has 0 amide bonds. The summed E-state index contributed by atoms with van der Waals surface area (Å²) in [5.74, 6) is 7.26. The van der Waals surface area contributed by atoms with E-state index in [0.717, 1.165) is 121 Å². The van der Waals surface area contributed by atoms with Gasteiger partial charge in [0.1, 0.15) is 79.8 Å². The van der Waals surface area contributed by atoms with E-state index in [1.165, 1.54) is 35.5 Å². The summed E-state index contributed by atoms with van der Waals surface area (Å²) in [6, 6.07) is 27.8. The van der Waals surface area contributed by atoms with Crippen LogP contribution in [-0.2, 0) is 53.9 Å². The number of fused-ring (bicyclic) bond motifs is 7. The topological polar surface area (TPSA) is 432 Å². The molecule has 14 aromatic rings. The van der Waals surface area contributed by atoms with Crippen molar-refractivity contribution < 1.29 is 47.4 Å². The zero-order chi connectivity index (χ0) is 100. The number of pyridine rings is 5. The lowest BCUT2D eigenvalue weighted by atomic mass is 9.90. The van der Waals surface area contributed by atoms with Crippen molar-refractivity contribution >= 4 is 82.1 Å². The fraction of sp³-hybridized carbons (Fsp3) is 0.461. The Labute approximate surface area is 790 Å². The molecule has 0 saturated carbocycles. The summed E-state index contributed by atoms with van der Waals surface area (Å²) in [6.45, 7) is 53.7. The molecule has 0 radical (unpaired) electrons. The molecule has 34 nitrogen and oxygen atoms in total. The van der Waals surface area contributed by atoms with Crippen molar-refractivity contribution in [2.75, 3.05) is 114 Å². The van der Waals surface area contributed by atoms with Crippen LogP contribution in [0.3, 0.4) is 0 Å². The Kier molecular flexibility index (Phi) is 32.8. The van der Waals surface area contributed by atoms with Crippen LogP contribution in [0.5, 0.6) is 46.3 Å². The quantitative estimate of drug-likeness (QED) is 0.0632. The first-order chi connectivity index (χ1) is 63.6. The minimum absolute atomic E-state index is 0.0567. The summed E-state index contributed by atoms with van der Waals surface area (Å²) in [5.41, 5.74) is 6.90. The summed E-state index contributed by atoms with van der Waals surface area (Å²) in [4.78, 5) is 146. The average Bonchev–Trinajstić information content (AvgIpc) is 0.817. The molecule has 0 spiro atoms. The Bertz CT molecular complexity index is 6640. The van der Waals surface area contributed by atoms with Gasteiger partial charge in [0.2, 0.25) is 11.8 Å². The molecule has 2 aliphatic heterocycles. The Balaban J connectivity index is 0.000000164. The molecule has 136 heavy (non-hydrogen) atoms. The predicted octanol–water partition coefficient (Wildman–Crippen LogP) is 15.3. The van der Waals surface area contributed by atoms with Crippen LogP contribution < -0.4 is 81.7 Å². The van der Waals surface area contributed by atoms with Crippen LogP contribution >= 0.6 is 0 Å². The summed E-state index contributed by atoms with van der Waals surface area (Å²) in [6.07, 6.45) is 0. The molecule has 728 valence electrons. The highest BCUT2D eigenvalue weighted by Gasteiger charge is 2.28. The van der Waals surface area contributed by atoms with Gasteiger partial charge in [-0.05, 0) is 85.0 Å². The van der Waals surface area contributed by atoms with Crippen LogP contribution in [0.1, 0.15) is 203 Å². The van der Waals surface area contributed by atoms with Gasteiger partial charge < -0.3 is 87.2 Å². The number of aromatic nitrogens is 15. The van der Waals surface area contributed by atoms with E-state index in [1.54, 1.807) is 51.7 Å². The van der Waals surface area contributed by atoms with Crippen LogP contribution in [0.15, 0.2) is 125 Å². The second kappa shape index (κ2) is 42.6. The molecule has 0 unspecified atom stereocenters. The third-order valence-electron chi connectivity index (χ3n) is 22.3. The van der Waals surface area contributed by atoms with E-state index in [2.05, 4.69) is 111 Å². The first kappa shape index (κ1) is 105. The van der Waals surface area contributed by atoms with Crippen molar-refractivity contribution in [1.29, 1.82) is 0 Å². The van der Waals surface area contributed by atoms with Gasteiger partial charge >= 0.3 is 0 Å². The van der Waals surface area contributed by atoms with Gasteiger partial charge in [0, 0.05) is 124 Å². The Morgan fingerprint density at radius 2 is 0.691 bits per heavy atom. The zero-order valence-corrected chi connectivity index (χ0v) is 84.4. The molecule has 10 aromatic heterocycles. The monoisotopic (exact) mass is 1870 g/mol. The zero-order valence-electron chi connectivity index (χ0n) is 84.4. The number of nitrogens with zero attached hydrogens (tertiary/aromatic N) is 10. The number of methoxy groups -OCH3 is 8. The molecule has 34 heteroatoms. The van der Waals surface area contributed by atoms with Crippen LogP contribution in [0.4, 0.5) is 5.69 Å². The number of rotatable bonds is 11. The molecule has 0 atom stereocenters. The molecule has 2 fully saturated rings. The minimum atomic E-state index is -0.272. The van der Waals surface area contributed by atoms with Crippen LogP contribution in [-0.4, -0.2) is 189 Å². The molecule has 0 aliphatic carbocycles. The maximum Gasteiger partial charge on any atom is 0.264 e. The Hall–Kier alpha value is -13.5. The predicted molar refractivity (Wildman–Crippen MR) is 536 cm³/mol. The number of hydrogen-bond acceptors (Lipinski definition) is 27. The average molecular weight is 1870 g/mol. The smallest absolute Gasteiger partial charge is 0.264 e. The van der Waals surface area contributed by atoms with Crippen LogP contribution in [0, 0.1) is 13.8 Å². The highest BCUT2D eigenvalue weighted by Crippen LogP contribution is 2.36. The number of anilines is 1. The number of H-pyrrole nitrogens is 7. The minimum Gasteiger partial charge on any atom is -0.497 e. The van der Waals surface area contributed by atoms with Crippen LogP contribution in [0.2, 0.25) is 0 Å². The maximum absolute atomic E-state index is 12.4. The lowest BCUT2D eigenvalue weighted by Crippen LogP contribution is -2.36. The fourth-order valence-corrected chi connectivity index (χ4v) is 14.4. The SMILES string of the molecule is CC(C)(C)c1nc2ccc(CN3CCOCC3)cc2c(=O)[nH]1.CC(C)(C)c1nc2ccc(N3CCOCC3)cc2c(=O)[nH]1.COc1cc(OC)c2c(=O)[nH]c(C(C)(C)C)cc2c1.COc1cc(OC)c2c(=O)[nH]c(C(C)(C)C)cc2n1.COc1cc(OC)c2c(=O)[nH]c(C(C)(C)C)nc2c1.COc1cc(OC)c2c(=O)[nH]c(C(C)(C)C)nc2n1.Cc1cc(C)c2c(=O)[nH]c(C(C)(C)C)nc2n1. The molecule has 12 heterocycles. The van der Waals surface area contributed by atoms with Gasteiger partial charge in [0.25, 0.3) is 38.9 Å². The first-order valence-electron chi connectivity index (χ1n) is 44.9. The second-order valence-electron chi connectivity index (χ2n) is 40.4. The normalized spacial score (nSPS) is 13.3. The van der Waals surface area contributed by atoms with Crippen molar-refractivity contribution in [3.05, 3.63) is 221 Å². The maximum atomic E-state index is 12.4. The van der Waals surface area contributed by atoms with E-state index in [9.17, 15) is 33.6 Å². The first-order valence-corrected chi connectivity index (χ1v) is 44.9. The highest BCUT2D eigenvalue weighted by molar-refractivity contribution is 5.90. The summed E-state index contributed by atoms with van der Waals surface area (Å²) in [7, 11) is 12.3. The van der Waals surface area contributed by atoms with Gasteiger partial charge in [0.05, 0.1) is 127 Å². The molecule has 0 bridgehead atoms. The molecule has 2 aliphatic rings. The molecule has 7 N–H and O–H groups in total. The van der Waals surface area contributed by atoms with Crippen LogP contribution in [0.25, 0.3) is 76.5 Å². The number of benzene rings is 4. The lowest BCUT2D eigenvalue weighted by Gasteiger charge is -2.29. The van der Waals surface area contributed by atoms with E-state index in [0.29, 0.717) is 124 Å². The number of morpholine rings is 2. The van der Waals surface area contributed by atoms with Crippen molar-refractivity contribution in [1.82, 2.24) is 79.7 Å². The summed E-state index contributed by atoms with van der Waals surface area (Å²) in [5, 5.41) is 4.49. The third-order valence-corrected chi connectivity index (χ3v) is 22.3. The largest absolute Gasteiger partial charge is 0.497 e. The van der Waals surface area contributed by atoms with Crippen molar-refractivity contribution in [2.24, 2.45) is 0 Å². The highest BCUT2D eigenvalue weighted by atomic mass is 16.5. The van der Waals surface area contributed by atoms with Crippen molar-refractivity contribution in [3.8, 4) is 46.3 Å². The fourth-order valence-electron chi connectivity index (χ4n) is 14.4. The van der Waals surface area contributed by atoms with Crippen molar-refractivity contribution in [2.45, 2.75) is 204 Å². The molecular weight excluding hydrogens is 1740 g/mol. The van der Waals surface area contributed by atoms with E-state index >= 15 is 0 Å². The molecule has 16 rings (SSSR count). The van der Waals surface area contributed by atoms with Gasteiger partial charge in [-0.25, -0.2) is 34.9 Å². The molecule has 4 aromatic carbocycles. The standard InChI is InChI=1S/C17H23N3O2.C16H21N3O2.C15H19NO3.2C14H18N2O3.C13H17N3O3.C13H17N3O/c1-17(2,3)16-18-14-5-4-12(10-13(14)15(21)19-16)11-20-6-8-22-9-7-20;1-16(2,3)15-17-13-5-4-11(10-12(13)14(20)18-15)19-6-8-21-9-7-19;1-15(2,3)12-7-9-6-10(18-4)8-11(19-5)13(9)14(17)16-12;1-14(2,3)10-6-8-12(13(17)16-10)9(18-4)7-11(15-8)19-5;1-14(2,3)13-15-9-6-8(18-4)7-10(19-5)11(9)12(17)16-13;1-13(2,3)12-15-10-9(11(17)16-12)7(18-4)6-8(14-10)19-5;1-7-6-8(2)14-10-9(7)11(17)16-12(15-10)13(3,4)5/h4-5,10H,6-9,11H2,1-3H3,(H,18,19,21);4-5,10H,6-9H2,1-3H3,(H,17,18,20);6-8H,1-5H3,(H,16,17);6-7H,1-5H3,(H,16,17);6-7H,1-5H3,(H,15,16,17);6H,1-5H3,(H,14,15,16,17);6H,1-5H3,(H,14,15,16,17). The van der Waals surface area contributed by atoms with Gasteiger partial charge in [-0.2, -0.15) is 4.98 Å². The number of aromatic amines is 7. The van der Waals surface area contributed by atoms with Gasteiger partial charge in [-0.1, -0.05) is 151 Å². The van der Waals surface area contributed by atoms with E-state index in [-0.39, 0.29) is 76.8 Å². The van der Waals surface area contributed by atoms with E-state index in [4.69, 9.17) is 47.4 Å². The van der Waals surface area contributed by atoms with Gasteiger partial charge in [0.15, 0.2) is 11.3 Å². The number of ether oxygens (including phenoxy) is 10. The molecule has 2 saturated heterocycles. The Morgan fingerprint density at radius 1 is 0.316 bits per heavy atom. The van der Waals surface area contributed by atoms with Gasteiger partial charge in [-0.15, -0.1) is 0 Å². The second-order valence-corrected chi connectivity index (χ2v) is 40.4. The number of nitrogens with one attached hydrogen (secondary N) is 7. The van der Waals surface area contributed by atoms with E-state index < -0.39 is 0 Å². The summed E-state index contributed by atoms with van der Waals surface area (Å²) >= 11 is 0. The number of aryl methyl sites for hydroxylation is 2. The summed E-state index contributed by atoms with van der Waals surface area (Å²) < 4.78 is 52.3. The molecular formula is C102H133N17O17. The number of hydrogen-bond donors (Lipinski definition) is 7. The third kappa shape index (κ3) is 25.8. The van der Waals surface area contributed by atoms with E-state index in [1.807, 2.05) is 193 Å². The van der Waals surface area contributed by atoms with Gasteiger partial charge in [-0.3, -0.25) is 38.5 Å². The van der Waals surface area contributed by atoms with Crippen molar-refractivity contribution in [3.63, 3.8) is 0 Å².